The summed E-state index contributed by atoms with van der Waals surface area (Å²) in [6.07, 6.45) is 4.53. The molecular weight excluding hydrogens is 419 g/mol. The number of halogens is 2. The molecule has 0 atom stereocenters. The molecule has 0 aliphatic heterocycles. The number of benzene rings is 2. The third-order valence-electron chi connectivity index (χ3n) is 2.81. The standard InChI is InChI=1S/C14H11.2BrH.Zr/c1-10-8-12-7-6-11-4-2-3-5-13(11)14(12)9-10;;;/h2-7H,8H2,1H3;2*1H;/q;;;+2/p-2. The van der Waals surface area contributed by atoms with Gasteiger partial charge in [-0.05, 0) is 41.3 Å². The minimum atomic E-state index is -0.145. The third kappa shape index (κ3) is 3.19. The summed E-state index contributed by atoms with van der Waals surface area (Å²) in [5.41, 5.74) is 4.07. The molecule has 1 radical (unpaired) electrons. The Morgan fingerprint density at radius 1 is 1.12 bits per heavy atom. The molecule has 0 saturated heterocycles. The molecule has 0 amide bonds. The molecular formula is C14H11Br2Zr. The van der Waals surface area contributed by atoms with Crippen molar-refractivity contribution in [2.75, 3.05) is 0 Å². The fourth-order valence-electron chi connectivity index (χ4n) is 2.15. The second-order valence-corrected chi connectivity index (χ2v) is 15.3. The van der Waals surface area contributed by atoms with E-state index in [1.54, 1.807) is 0 Å². The van der Waals surface area contributed by atoms with Gasteiger partial charge < -0.3 is 0 Å². The summed E-state index contributed by atoms with van der Waals surface area (Å²) < 4.78 is 0. The number of hydrogen-bond donors (Lipinski definition) is 0. The number of rotatable bonds is 0. The maximum absolute atomic E-state index is 3.46. The van der Waals surface area contributed by atoms with E-state index in [0.717, 1.165) is 6.42 Å². The Morgan fingerprint density at radius 3 is 2.59 bits per heavy atom. The van der Waals surface area contributed by atoms with Gasteiger partial charge in [0.25, 0.3) is 0 Å². The first-order chi connectivity index (χ1) is 8.26. The molecule has 0 aromatic heterocycles. The van der Waals surface area contributed by atoms with Crippen LogP contribution < -0.4 is 0 Å². The van der Waals surface area contributed by atoms with Gasteiger partial charge in [0.2, 0.25) is 0 Å². The summed E-state index contributed by atoms with van der Waals surface area (Å²) in [6.45, 7) is 2.15. The van der Waals surface area contributed by atoms with Crippen molar-refractivity contribution >= 4 is 35.2 Å². The van der Waals surface area contributed by atoms with Crippen LogP contribution in [0.1, 0.15) is 18.1 Å². The first kappa shape index (κ1) is 13.7. The molecule has 2 aromatic carbocycles. The van der Waals surface area contributed by atoms with Crippen molar-refractivity contribution in [1.82, 2.24) is 0 Å². The Morgan fingerprint density at radius 2 is 1.82 bits per heavy atom. The van der Waals surface area contributed by atoms with Gasteiger partial charge in [-0.15, -0.1) is 0 Å². The number of fused-ring (bicyclic) bond motifs is 3. The summed E-state index contributed by atoms with van der Waals surface area (Å²) in [5.74, 6) is 0. The molecule has 3 heteroatoms. The molecule has 0 heterocycles. The summed E-state index contributed by atoms with van der Waals surface area (Å²) in [4.78, 5) is 0. The molecule has 0 spiro atoms. The molecule has 0 unspecified atom stereocenters. The van der Waals surface area contributed by atoms with Crippen molar-refractivity contribution < 1.29 is 18.5 Å². The molecule has 3 rings (SSSR count). The van der Waals surface area contributed by atoms with Crippen molar-refractivity contribution in [1.29, 1.82) is 0 Å². The van der Waals surface area contributed by atoms with E-state index in [-0.39, 0.29) is 18.5 Å². The number of allylic oxidation sites excluding steroid dienone is 1. The zero-order valence-corrected chi connectivity index (χ0v) is 15.1. The normalized spacial score (nSPS) is 12.5. The molecule has 0 nitrogen and oxygen atoms in total. The van der Waals surface area contributed by atoms with Crippen LogP contribution in [0.3, 0.4) is 0 Å². The van der Waals surface area contributed by atoms with Gasteiger partial charge in [0.05, 0.1) is 0 Å². The summed E-state index contributed by atoms with van der Waals surface area (Å²) >= 11 is 6.32. The second-order valence-electron chi connectivity index (χ2n) is 3.97. The predicted molar refractivity (Wildman–Crippen MR) is 77.0 cm³/mol. The van der Waals surface area contributed by atoms with E-state index in [4.69, 9.17) is 0 Å². The van der Waals surface area contributed by atoms with Crippen LogP contribution in [-0.2, 0) is 25.0 Å². The quantitative estimate of drug-likeness (QED) is 0.540. The molecule has 0 N–H and O–H groups in total. The van der Waals surface area contributed by atoms with Crippen LogP contribution in [0, 0.1) is 6.08 Å². The molecule has 1 aliphatic rings. The van der Waals surface area contributed by atoms with Crippen LogP contribution in [0.2, 0.25) is 0 Å². The van der Waals surface area contributed by atoms with Crippen molar-refractivity contribution in [3.8, 4) is 0 Å². The van der Waals surface area contributed by atoms with E-state index in [9.17, 15) is 0 Å². The Bertz CT molecular complexity index is 561. The molecule has 17 heavy (non-hydrogen) atoms. The first-order valence-corrected chi connectivity index (χ1v) is 16.6. The van der Waals surface area contributed by atoms with Crippen molar-refractivity contribution in [3.05, 3.63) is 59.2 Å². The second kappa shape index (κ2) is 6.45. The average molecular weight is 430 g/mol. The fraction of sp³-hybridized carbons (Fsp3) is 0.143. The van der Waals surface area contributed by atoms with Crippen molar-refractivity contribution in [3.63, 3.8) is 0 Å². The molecule has 85 valence electrons. The van der Waals surface area contributed by atoms with E-state index < -0.39 is 0 Å². The minimum absolute atomic E-state index is 0.145. The van der Waals surface area contributed by atoms with Gasteiger partial charge in [-0.1, -0.05) is 42.0 Å². The van der Waals surface area contributed by atoms with E-state index >= 15 is 0 Å². The third-order valence-corrected chi connectivity index (χ3v) is 2.81. The molecule has 0 fully saturated rings. The topological polar surface area (TPSA) is 0 Å². The van der Waals surface area contributed by atoms with Crippen molar-refractivity contribution in [2.45, 2.75) is 13.3 Å². The molecule has 0 bridgehead atoms. The first-order valence-electron chi connectivity index (χ1n) is 5.32. The Kier molecular flexibility index (Phi) is 5.20. The van der Waals surface area contributed by atoms with E-state index in [1.807, 2.05) is 0 Å². The summed E-state index contributed by atoms with van der Waals surface area (Å²) in [6, 6.07) is 12.9. The van der Waals surface area contributed by atoms with Gasteiger partial charge in [-0.25, -0.2) is 0 Å². The van der Waals surface area contributed by atoms with Gasteiger partial charge >= 0.3 is 43.0 Å². The molecule has 0 saturated carbocycles. The van der Waals surface area contributed by atoms with Gasteiger partial charge in [0.1, 0.15) is 0 Å². The summed E-state index contributed by atoms with van der Waals surface area (Å²) in [7, 11) is 0. The Labute approximate surface area is 125 Å². The van der Waals surface area contributed by atoms with Gasteiger partial charge in [0, 0.05) is 0 Å². The predicted octanol–water partition coefficient (Wildman–Crippen LogP) is 5.18. The molecule has 2 aromatic rings. The maximum atomic E-state index is 3.46. The van der Waals surface area contributed by atoms with Gasteiger partial charge in [-0.3, -0.25) is 0 Å². The van der Waals surface area contributed by atoms with Crippen LogP contribution in [-0.4, -0.2) is 0 Å². The van der Waals surface area contributed by atoms with Gasteiger partial charge in [0.15, 0.2) is 0 Å². The van der Waals surface area contributed by atoms with Crippen molar-refractivity contribution in [2.24, 2.45) is 0 Å². The zero-order chi connectivity index (χ0) is 12.3. The SMILES string of the molecule is CC1=[C]c2c(ccc3ccccc23)C1.[Br][Zr][Br]. The Balaban J connectivity index is 0.000000329. The van der Waals surface area contributed by atoms with E-state index in [1.165, 1.54) is 27.5 Å². The zero-order valence-electron chi connectivity index (χ0n) is 9.43. The van der Waals surface area contributed by atoms with Gasteiger partial charge in [-0.2, -0.15) is 0 Å². The van der Waals surface area contributed by atoms with Crippen LogP contribution in [0.4, 0.5) is 0 Å². The van der Waals surface area contributed by atoms with E-state index in [0.29, 0.717) is 0 Å². The molecule has 1 aliphatic carbocycles. The Hall–Kier alpha value is 0.283. The van der Waals surface area contributed by atoms with E-state index in [2.05, 4.69) is 73.8 Å². The average Bonchev–Trinajstić information content (AvgIpc) is 2.71. The summed E-state index contributed by atoms with van der Waals surface area (Å²) in [5, 5.41) is 2.65. The van der Waals surface area contributed by atoms with Crippen LogP contribution >= 0.6 is 24.4 Å². The monoisotopic (exact) mass is 427 g/mol. The van der Waals surface area contributed by atoms with Crippen LogP contribution in [0.25, 0.3) is 10.8 Å². The number of hydrogen-bond acceptors (Lipinski definition) is 0. The fourth-order valence-corrected chi connectivity index (χ4v) is 2.15. The van der Waals surface area contributed by atoms with Crippen LogP contribution in [0.5, 0.6) is 0 Å². The van der Waals surface area contributed by atoms with Crippen LogP contribution in [0.15, 0.2) is 42.0 Å².